The molecule has 0 fully saturated rings. The van der Waals surface area contributed by atoms with Gasteiger partial charge in [-0.1, -0.05) is 12.1 Å². The van der Waals surface area contributed by atoms with Crippen molar-refractivity contribution in [3.05, 3.63) is 58.4 Å². The Morgan fingerprint density at radius 3 is 2.56 bits per heavy atom. The number of ether oxygens (including phenoxy) is 2. The number of rotatable bonds is 5. The first-order valence-corrected chi connectivity index (χ1v) is 8.54. The molecule has 0 saturated carbocycles. The predicted octanol–water partition coefficient (Wildman–Crippen LogP) is 4.39. The van der Waals surface area contributed by atoms with Crippen molar-refractivity contribution in [2.75, 3.05) is 19.5 Å². The van der Waals surface area contributed by atoms with Gasteiger partial charge in [-0.25, -0.2) is 4.98 Å². The SMILES string of the molecule is COc1ccc(C(=O)Nc2cccc(-c3csc(C)n3)c2)cc1OC. The third kappa shape index (κ3) is 3.80. The highest BCUT2D eigenvalue weighted by Gasteiger charge is 2.11. The molecule has 128 valence electrons. The summed E-state index contributed by atoms with van der Waals surface area (Å²) < 4.78 is 10.4. The summed E-state index contributed by atoms with van der Waals surface area (Å²) in [7, 11) is 3.10. The van der Waals surface area contributed by atoms with E-state index < -0.39 is 0 Å². The molecule has 3 aromatic rings. The van der Waals surface area contributed by atoms with Crippen molar-refractivity contribution in [2.45, 2.75) is 6.92 Å². The zero-order chi connectivity index (χ0) is 17.8. The number of carbonyl (C=O) groups excluding carboxylic acids is 1. The molecule has 25 heavy (non-hydrogen) atoms. The van der Waals surface area contributed by atoms with E-state index in [1.165, 1.54) is 0 Å². The lowest BCUT2D eigenvalue weighted by Gasteiger charge is -2.10. The van der Waals surface area contributed by atoms with E-state index >= 15 is 0 Å². The first kappa shape index (κ1) is 17.0. The molecule has 0 aliphatic carbocycles. The van der Waals surface area contributed by atoms with E-state index in [2.05, 4.69) is 10.3 Å². The standard InChI is InChI=1S/C19H18N2O3S/c1-12-20-16(11-25-12)13-5-4-6-15(9-13)21-19(22)14-7-8-17(23-2)18(10-14)24-3/h4-11H,1-3H3,(H,21,22). The Morgan fingerprint density at radius 1 is 1.08 bits per heavy atom. The summed E-state index contributed by atoms with van der Waals surface area (Å²) in [4.78, 5) is 17.0. The number of thiazole rings is 1. The van der Waals surface area contributed by atoms with Gasteiger partial charge in [0.15, 0.2) is 11.5 Å². The van der Waals surface area contributed by atoms with Crippen molar-refractivity contribution < 1.29 is 14.3 Å². The molecule has 1 heterocycles. The predicted molar refractivity (Wildman–Crippen MR) is 99.8 cm³/mol. The molecule has 0 atom stereocenters. The van der Waals surface area contributed by atoms with Gasteiger partial charge >= 0.3 is 0 Å². The van der Waals surface area contributed by atoms with Gasteiger partial charge < -0.3 is 14.8 Å². The molecule has 1 N–H and O–H groups in total. The number of aromatic nitrogens is 1. The Hall–Kier alpha value is -2.86. The first-order valence-electron chi connectivity index (χ1n) is 7.66. The fourth-order valence-electron chi connectivity index (χ4n) is 2.43. The minimum atomic E-state index is -0.215. The van der Waals surface area contributed by atoms with E-state index in [0.717, 1.165) is 16.3 Å². The lowest BCUT2D eigenvalue weighted by Crippen LogP contribution is -2.12. The smallest absolute Gasteiger partial charge is 0.255 e. The van der Waals surface area contributed by atoms with Gasteiger partial charge in [-0.15, -0.1) is 11.3 Å². The van der Waals surface area contributed by atoms with Crippen LogP contribution in [0.2, 0.25) is 0 Å². The number of aryl methyl sites for hydroxylation is 1. The quantitative estimate of drug-likeness (QED) is 0.738. The van der Waals surface area contributed by atoms with Crippen LogP contribution in [0.5, 0.6) is 11.5 Å². The van der Waals surface area contributed by atoms with Gasteiger partial charge in [-0.2, -0.15) is 0 Å². The Kier molecular flexibility index (Phi) is 5.00. The van der Waals surface area contributed by atoms with Crippen molar-refractivity contribution in [3.63, 3.8) is 0 Å². The molecule has 0 unspecified atom stereocenters. The summed E-state index contributed by atoms with van der Waals surface area (Å²) in [5, 5.41) is 5.92. The van der Waals surface area contributed by atoms with Crippen LogP contribution in [0.3, 0.4) is 0 Å². The number of hydrogen-bond acceptors (Lipinski definition) is 5. The molecule has 0 spiro atoms. The second-order valence-corrected chi connectivity index (χ2v) is 6.42. The summed E-state index contributed by atoms with van der Waals surface area (Å²) in [6, 6.07) is 12.7. The minimum Gasteiger partial charge on any atom is -0.493 e. The summed E-state index contributed by atoms with van der Waals surface area (Å²) in [6.45, 7) is 1.97. The van der Waals surface area contributed by atoms with Crippen molar-refractivity contribution in [2.24, 2.45) is 0 Å². The van der Waals surface area contributed by atoms with E-state index in [9.17, 15) is 4.79 Å². The Morgan fingerprint density at radius 2 is 1.88 bits per heavy atom. The molecule has 3 rings (SSSR count). The third-order valence-electron chi connectivity index (χ3n) is 3.68. The molecular formula is C19H18N2O3S. The zero-order valence-corrected chi connectivity index (χ0v) is 15.0. The van der Waals surface area contributed by atoms with Gasteiger partial charge in [0.1, 0.15) is 0 Å². The topological polar surface area (TPSA) is 60.5 Å². The van der Waals surface area contributed by atoms with E-state index in [1.54, 1.807) is 43.8 Å². The second kappa shape index (κ2) is 7.36. The fourth-order valence-corrected chi connectivity index (χ4v) is 3.06. The second-order valence-electron chi connectivity index (χ2n) is 5.36. The highest BCUT2D eigenvalue weighted by molar-refractivity contribution is 7.09. The maximum absolute atomic E-state index is 12.5. The number of benzene rings is 2. The number of nitrogens with one attached hydrogen (secondary N) is 1. The van der Waals surface area contributed by atoms with Crippen molar-refractivity contribution in [1.29, 1.82) is 0 Å². The van der Waals surface area contributed by atoms with Crippen LogP contribution < -0.4 is 14.8 Å². The average Bonchev–Trinajstić information content (AvgIpc) is 3.07. The van der Waals surface area contributed by atoms with Gasteiger partial charge in [0.25, 0.3) is 5.91 Å². The van der Waals surface area contributed by atoms with Crippen LogP contribution in [0.25, 0.3) is 11.3 Å². The van der Waals surface area contributed by atoms with Crippen molar-refractivity contribution in [3.8, 4) is 22.8 Å². The molecule has 0 saturated heterocycles. The number of methoxy groups -OCH3 is 2. The summed E-state index contributed by atoms with van der Waals surface area (Å²) >= 11 is 1.60. The van der Waals surface area contributed by atoms with Crippen LogP contribution in [0.4, 0.5) is 5.69 Å². The number of hydrogen-bond donors (Lipinski definition) is 1. The van der Waals surface area contributed by atoms with Crippen molar-refractivity contribution >= 4 is 22.9 Å². The molecule has 1 aromatic heterocycles. The number of nitrogens with zero attached hydrogens (tertiary/aromatic N) is 1. The average molecular weight is 354 g/mol. The molecule has 1 amide bonds. The molecule has 0 bridgehead atoms. The monoisotopic (exact) mass is 354 g/mol. The van der Waals surface area contributed by atoms with Crippen LogP contribution in [0, 0.1) is 6.92 Å². The molecule has 5 nitrogen and oxygen atoms in total. The summed E-state index contributed by atoms with van der Waals surface area (Å²) in [5.74, 6) is 0.884. The number of anilines is 1. The van der Waals surface area contributed by atoms with Gasteiger partial charge in [-0.05, 0) is 37.3 Å². The highest BCUT2D eigenvalue weighted by atomic mass is 32.1. The van der Waals surface area contributed by atoms with Crippen LogP contribution >= 0.6 is 11.3 Å². The number of amides is 1. The minimum absolute atomic E-state index is 0.215. The summed E-state index contributed by atoms with van der Waals surface area (Å²) in [5.41, 5.74) is 3.08. The first-order chi connectivity index (χ1) is 12.1. The van der Waals surface area contributed by atoms with Crippen LogP contribution in [-0.2, 0) is 0 Å². The molecule has 0 radical (unpaired) electrons. The fraction of sp³-hybridized carbons (Fsp3) is 0.158. The van der Waals surface area contributed by atoms with E-state index in [1.807, 2.05) is 36.6 Å². The van der Waals surface area contributed by atoms with Gasteiger partial charge in [0.2, 0.25) is 0 Å². The Bertz CT molecular complexity index is 905. The molecule has 2 aromatic carbocycles. The van der Waals surface area contributed by atoms with Gasteiger partial charge in [0.05, 0.1) is 24.9 Å². The normalized spacial score (nSPS) is 10.4. The van der Waals surface area contributed by atoms with Crippen molar-refractivity contribution in [1.82, 2.24) is 4.98 Å². The Balaban J connectivity index is 1.81. The molecule has 0 aliphatic heterocycles. The Labute approximate surface area is 150 Å². The van der Waals surface area contributed by atoms with Crippen LogP contribution in [0.15, 0.2) is 47.8 Å². The van der Waals surface area contributed by atoms with Crippen LogP contribution in [0.1, 0.15) is 15.4 Å². The molecule has 0 aliphatic rings. The van der Waals surface area contributed by atoms with Gasteiger partial charge in [0, 0.05) is 22.2 Å². The lowest BCUT2D eigenvalue weighted by atomic mass is 10.1. The van der Waals surface area contributed by atoms with Gasteiger partial charge in [-0.3, -0.25) is 4.79 Å². The van der Waals surface area contributed by atoms with E-state index in [4.69, 9.17) is 9.47 Å². The number of carbonyl (C=O) groups is 1. The molecule has 6 heteroatoms. The molecular weight excluding hydrogens is 336 g/mol. The largest absolute Gasteiger partial charge is 0.493 e. The van der Waals surface area contributed by atoms with E-state index in [0.29, 0.717) is 22.7 Å². The van der Waals surface area contributed by atoms with Crippen LogP contribution in [-0.4, -0.2) is 25.1 Å². The third-order valence-corrected chi connectivity index (χ3v) is 4.45. The van der Waals surface area contributed by atoms with E-state index in [-0.39, 0.29) is 5.91 Å². The summed E-state index contributed by atoms with van der Waals surface area (Å²) in [6.07, 6.45) is 0. The lowest BCUT2D eigenvalue weighted by molar-refractivity contribution is 0.102. The highest BCUT2D eigenvalue weighted by Crippen LogP contribution is 2.28. The maximum atomic E-state index is 12.5. The maximum Gasteiger partial charge on any atom is 0.255 e. The zero-order valence-electron chi connectivity index (χ0n) is 14.2.